The number of thiazole rings is 1. The van der Waals surface area contributed by atoms with Gasteiger partial charge in [0.25, 0.3) is 0 Å². The van der Waals surface area contributed by atoms with Crippen molar-refractivity contribution in [2.45, 2.75) is 19.6 Å². The zero-order chi connectivity index (χ0) is 13.8. The first-order valence-electron chi connectivity index (χ1n) is 6.40. The largest absolute Gasteiger partial charge is 0.394 e. The minimum Gasteiger partial charge on any atom is -0.394 e. The molecule has 104 valence electrons. The highest BCUT2D eigenvalue weighted by molar-refractivity contribution is 7.18. The van der Waals surface area contributed by atoms with E-state index in [9.17, 15) is 0 Å². The number of benzene rings is 1. The molecule has 0 aliphatic heterocycles. The molecule has 0 radical (unpaired) electrons. The molecule has 20 heavy (non-hydrogen) atoms. The fraction of sp³-hybridized carbons (Fsp3) is 0.308. The molecule has 0 unspecified atom stereocenters. The molecule has 0 bridgehead atoms. The van der Waals surface area contributed by atoms with Gasteiger partial charge in [-0.1, -0.05) is 17.3 Å². The summed E-state index contributed by atoms with van der Waals surface area (Å²) >= 11 is 1.70. The molecule has 0 amide bonds. The highest BCUT2D eigenvalue weighted by Crippen LogP contribution is 2.21. The Kier molecular flexibility index (Phi) is 4.00. The van der Waals surface area contributed by atoms with Crippen LogP contribution in [-0.2, 0) is 19.6 Å². The van der Waals surface area contributed by atoms with E-state index in [2.05, 4.69) is 26.7 Å². The van der Waals surface area contributed by atoms with Gasteiger partial charge in [-0.2, -0.15) is 0 Å². The van der Waals surface area contributed by atoms with Crippen molar-refractivity contribution >= 4 is 21.6 Å². The van der Waals surface area contributed by atoms with Crippen molar-refractivity contribution in [3.63, 3.8) is 0 Å². The predicted molar refractivity (Wildman–Crippen MR) is 77.3 cm³/mol. The molecule has 0 aliphatic carbocycles. The van der Waals surface area contributed by atoms with Crippen LogP contribution < -0.4 is 5.32 Å². The first kappa shape index (κ1) is 13.2. The summed E-state index contributed by atoms with van der Waals surface area (Å²) in [5.74, 6) is 0. The van der Waals surface area contributed by atoms with Gasteiger partial charge in [0.15, 0.2) is 0 Å². The Morgan fingerprint density at radius 2 is 2.15 bits per heavy atom. The van der Waals surface area contributed by atoms with E-state index < -0.39 is 0 Å². The number of aromatic nitrogens is 4. The van der Waals surface area contributed by atoms with Crippen molar-refractivity contribution in [3.05, 3.63) is 41.2 Å². The lowest BCUT2D eigenvalue weighted by atomic mass is 10.3. The van der Waals surface area contributed by atoms with Gasteiger partial charge in [0.05, 0.1) is 29.1 Å². The lowest BCUT2D eigenvalue weighted by Crippen LogP contribution is -2.12. The van der Waals surface area contributed by atoms with E-state index in [1.54, 1.807) is 16.0 Å². The summed E-state index contributed by atoms with van der Waals surface area (Å²) in [6, 6.07) is 8.13. The van der Waals surface area contributed by atoms with Crippen LogP contribution in [0.25, 0.3) is 10.2 Å². The van der Waals surface area contributed by atoms with E-state index >= 15 is 0 Å². The number of hydrogen-bond acceptors (Lipinski definition) is 6. The Bertz CT molecular complexity index is 660. The molecule has 3 aromatic rings. The number of rotatable bonds is 6. The Balaban J connectivity index is 1.56. The molecule has 2 aromatic heterocycles. The molecular formula is C13H15N5OS. The molecule has 7 heteroatoms. The van der Waals surface area contributed by atoms with Crippen molar-refractivity contribution in [3.8, 4) is 0 Å². The van der Waals surface area contributed by atoms with Crippen LogP contribution in [0.2, 0.25) is 0 Å². The number of para-hydroxylation sites is 1. The summed E-state index contributed by atoms with van der Waals surface area (Å²) in [5.41, 5.74) is 1.91. The standard InChI is InChI=1S/C13H15N5OS/c19-6-5-18-9-10(16-17-18)7-14-8-13-15-11-3-1-2-4-12(11)20-13/h1-4,9,14,19H,5-8H2. The van der Waals surface area contributed by atoms with Crippen LogP contribution >= 0.6 is 11.3 Å². The normalized spacial score (nSPS) is 11.2. The van der Waals surface area contributed by atoms with E-state index in [-0.39, 0.29) is 6.61 Å². The van der Waals surface area contributed by atoms with Gasteiger partial charge in [0.1, 0.15) is 5.01 Å². The monoisotopic (exact) mass is 289 g/mol. The molecule has 0 saturated heterocycles. The van der Waals surface area contributed by atoms with Crippen LogP contribution in [-0.4, -0.2) is 31.7 Å². The maximum atomic E-state index is 8.81. The Hall–Kier alpha value is -1.83. The van der Waals surface area contributed by atoms with Crippen molar-refractivity contribution in [2.75, 3.05) is 6.61 Å². The third-order valence-electron chi connectivity index (χ3n) is 2.84. The van der Waals surface area contributed by atoms with Gasteiger partial charge < -0.3 is 10.4 Å². The highest BCUT2D eigenvalue weighted by atomic mass is 32.1. The van der Waals surface area contributed by atoms with Crippen LogP contribution in [0.15, 0.2) is 30.5 Å². The molecule has 0 fully saturated rings. The summed E-state index contributed by atoms with van der Waals surface area (Å²) in [6.45, 7) is 1.90. The van der Waals surface area contributed by atoms with Crippen LogP contribution in [0.4, 0.5) is 0 Å². The van der Waals surface area contributed by atoms with Crippen molar-refractivity contribution in [2.24, 2.45) is 0 Å². The van der Waals surface area contributed by atoms with Gasteiger partial charge in [0, 0.05) is 19.3 Å². The molecular weight excluding hydrogens is 274 g/mol. The molecule has 0 atom stereocenters. The summed E-state index contributed by atoms with van der Waals surface area (Å²) < 4.78 is 2.84. The number of aliphatic hydroxyl groups is 1. The third kappa shape index (κ3) is 3.01. The maximum Gasteiger partial charge on any atom is 0.108 e. The number of aliphatic hydroxyl groups excluding tert-OH is 1. The average molecular weight is 289 g/mol. The van der Waals surface area contributed by atoms with Crippen LogP contribution in [0, 0.1) is 0 Å². The average Bonchev–Trinajstić information content (AvgIpc) is 3.05. The van der Waals surface area contributed by atoms with Gasteiger partial charge >= 0.3 is 0 Å². The highest BCUT2D eigenvalue weighted by Gasteiger charge is 2.04. The zero-order valence-corrected chi connectivity index (χ0v) is 11.7. The number of hydrogen-bond donors (Lipinski definition) is 2. The Labute approximate surface area is 120 Å². The quantitative estimate of drug-likeness (QED) is 0.712. The second-order valence-corrected chi connectivity index (χ2v) is 5.49. The summed E-state index contributed by atoms with van der Waals surface area (Å²) in [4.78, 5) is 4.56. The Morgan fingerprint density at radius 3 is 3.00 bits per heavy atom. The van der Waals surface area contributed by atoms with Gasteiger partial charge in [-0.25, -0.2) is 9.67 Å². The minimum absolute atomic E-state index is 0.0714. The van der Waals surface area contributed by atoms with E-state index in [1.807, 2.05) is 24.4 Å². The van der Waals surface area contributed by atoms with Gasteiger partial charge in [0.2, 0.25) is 0 Å². The summed E-state index contributed by atoms with van der Waals surface area (Å²) in [6.07, 6.45) is 1.83. The van der Waals surface area contributed by atoms with Crippen LogP contribution in [0.5, 0.6) is 0 Å². The molecule has 3 rings (SSSR count). The zero-order valence-electron chi connectivity index (χ0n) is 10.9. The second-order valence-electron chi connectivity index (χ2n) is 4.38. The van der Waals surface area contributed by atoms with E-state index in [1.165, 1.54) is 4.70 Å². The van der Waals surface area contributed by atoms with E-state index in [4.69, 9.17) is 5.11 Å². The summed E-state index contributed by atoms with van der Waals surface area (Å²) in [7, 11) is 0. The fourth-order valence-electron chi connectivity index (χ4n) is 1.92. The SMILES string of the molecule is OCCn1cc(CNCc2nc3ccccc3s2)nn1. The number of nitrogens with one attached hydrogen (secondary N) is 1. The van der Waals surface area contributed by atoms with Crippen LogP contribution in [0.1, 0.15) is 10.7 Å². The molecule has 6 nitrogen and oxygen atoms in total. The lowest BCUT2D eigenvalue weighted by molar-refractivity contribution is 0.268. The maximum absolute atomic E-state index is 8.81. The topological polar surface area (TPSA) is 75.9 Å². The smallest absolute Gasteiger partial charge is 0.108 e. The van der Waals surface area contributed by atoms with Crippen molar-refractivity contribution < 1.29 is 5.11 Å². The van der Waals surface area contributed by atoms with Crippen molar-refractivity contribution in [1.82, 2.24) is 25.3 Å². The molecule has 0 spiro atoms. The molecule has 1 aromatic carbocycles. The van der Waals surface area contributed by atoms with E-state index in [0.29, 0.717) is 19.6 Å². The fourth-order valence-corrected chi connectivity index (χ4v) is 2.86. The second kappa shape index (κ2) is 6.08. The summed E-state index contributed by atoms with van der Waals surface area (Å²) in [5, 5.41) is 21.1. The predicted octanol–water partition coefficient (Wildman–Crippen LogP) is 1.17. The molecule has 2 heterocycles. The van der Waals surface area contributed by atoms with Gasteiger partial charge in [-0.15, -0.1) is 16.4 Å². The molecule has 0 aliphatic rings. The first-order chi connectivity index (χ1) is 9.85. The van der Waals surface area contributed by atoms with Gasteiger partial charge in [-0.3, -0.25) is 0 Å². The van der Waals surface area contributed by atoms with E-state index in [0.717, 1.165) is 16.2 Å². The minimum atomic E-state index is 0.0714. The molecule has 0 saturated carbocycles. The Morgan fingerprint density at radius 1 is 1.25 bits per heavy atom. The van der Waals surface area contributed by atoms with Crippen LogP contribution in [0.3, 0.4) is 0 Å². The third-order valence-corrected chi connectivity index (χ3v) is 3.87. The lowest BCUT2D eigenvalue weighted by Gasteiger charge is -1.98. The number of fused-ring (bicyclic) bond motifs is 1. The number of nitrogens with zero attached hydrogens (tertiary/aromatic N) is 4. The van der Waals surface area contributed by atoms with Gasteiger partial charge in [-0.05, 0) is 12.1 Å². The first-order valence-corrected chi connectivity index (χ1v) is 7.22. The van der Waals surface area contributed by atoms with Crippen molar-refractivity contribution in [1.29, 1.82) is 0 Å². The molecule has 2 N–H and O–H groups in total.